The number of anilines is 1. The Labute approximate surface area is 241 Å². The van der Waals surface area contributed by atoms with Crippen molar-refractivity contribution in [2.45, 2.75) is 51.0 Å². The minimum Gasteiger partial charge on any atom is -0.481 e. The molecule has 2 aromatic rings. The first-order valence-electron chi connectivity index (χ1n) is 14.6. The molecule has 41 heavy (non-hydrogen) atoms. The van der Waals surface area contributed by atoms with Crippen LogP contribution >= 0.6 is 0 Å². The van der Waals surface area contributed by atoms with E-state index in [1.165, 1.54) is 0 Å². The van der Waals surface area contributed by atoms with Gasteiger partial charge in [-0.1, -0.05) is 37.6 Å². The Morgan fingerprint density at radius 1 is 1.10 bits per heavy atom. The Hall–Kier alpha value is -3.63. The van der Waals surface area contributed by atoms with Crippen LogP contribution in [-0.2, 0) is 20.8 Å². The lowest BCUT2D eigenvalue weighted by Gasteiger charge is -2.31. The van der Waals surface area contributed by atoms with Crippen LogP contribution in [0.4, 0.5) is 5.69 Å². The molecular weight excluding hydrogens is 524 g/mol. The lowest BCUT2D eigenvalue weighted by molar-refractivity contribution is -0.143. The summed E-state index contributed by atoms with van der Waals surface area (Å²) in [5, 5.41) is 10.5. The number of para-hydroxylation sites is 1. The summed E-state index contributed by atoms with van der Waals surface area (Å²) in [7, 11) is 0. The van der Waals surface area contributed by atoms with Crippen molar-refractivity contribution in [3.63, 3.8) is 0 Å². The highest BCUT2D eigenvalue weighted by atomic mass is 16.7. The fourth-order valence-corrected chi connectivity index (χ4v) is 6.42. The number of ether oxygens (including phenoxy) is 2. The predicted molar refractivity (Wildman–Crippen MR) is 154 cm³/mol. The van der Waals surface area contributed by atoms with Gasteiger partial charge in [0.25, 0.3) is 0 Å². The Balaban J connectivity index is 1.41. The average Bonchev–Trinajstić information content (AvgIpc) is 3.66. The second-order valence-corrected chi connectivity index (χ2v) is 11.1. The van der Waals surface area contributed by atoms with Gasteiger partial charge in [0.15, 0.2) is 11.5 Å². The number of fused-ring (bicyclic) bond motifs is 2. The van der Waals surface area contributed by atoms with Gasteiger partial charge in [-0.05, 0) is 55.1 Å². The zero-order chi connectivity index (χ0) is 28.9. The average molecular weight is 565 g/mol. The van der Waals surface area contributed by atoms with E-state index in [4.69, 9.17) is 15.2 Å². The van der Waals surface area contributed by atoms with Crippen LogP contribution < -0.4 is 20.1 Å². The minimum atomic E-state index is -0.910. The Morgan fingerprint density at radius 3 is 2.66 bits per heavy atom. The number of nitrogens with two attached hydrogens (primary N) is 1. The molecule has 220 valence electrons. The third-order valence-corrected chi connectivity index (χ3v) is 8.54. The summed E-state index contributed by atoms with van der Waals surface area (Å²) in [5.74, 6) is -0.789. The van der Waals surface area contributed by atoms with E-state index in [9.17, 15) is 19.5 Å². The predicted octanol–water partition coefficient (Wildman–Crippen LogP) is 2.84. The van der Waals surface area contributed by atoms with Gasteiger partial charge in [0.2, 0.25) is 18.6 Å². The van der Waals surface area contributed by atoms with Gasteiger partial charge in [0.1, 0.15) is 0 Å². The van der Waals surface area contributed by atoms with Crippen molar-refractivity contribution >= 4 is 23.5 Å². The summed E-state index contributed by atoms with van der Waals surface area (Å²) in [6, 6.07) is 12.9. The van der Waals surface area contributed by atoms with Gasteiger partial charge in [-0.15, -0.1) is 0 Å². The van der Waals surface area contributed by atoms with E-state index in [1.54, 1.807) is 4.90 Å². The maximum atomic E-state index is 13.6. The molecule has 5 rings (SSSR count). The SMILES string of the molecule is CCCCN(CCCN)C(=O)CN1C[C@H](c2ccc3c(c2)OCO3)[C@@H](C(=O)O)[C@@H]1CCN1C(=O)Cc2ccccc21. The smallest absolute Gasteiger partial charge is 0.308 e. The van der Waals surface area contributed by atoms with Crippen molar-refractivity contribution in [3.8, 4) is 11.5 Å². The quantitative estimate of drug-likeness (QED) is 0.381. The van der Waals surface area contributed by atoms with Crippen LogP contribution in [0.3, 0.4) is 0 Å². The molecule has 0 radical (unpaired) electrons. The molecule has 0 saturated carbocycles. The lowest BCUT2D eigenvalue weighted by Crippen LogP contribution is -2.46. The number of carboxylic acids is 1. The number of unbranched alkanes of at least 4 members (excludes halogenated alkanes) is 1. The largest absolute Gasteiger partial charge is 0.481 e. The molecule has 0 aliphatic carbocycles. The van der Waals surface area contributed by atoms with Gasteiger partial charge < -0.3 is 30.1 Å². The number of carbonyl (C=O) groups excluding carboxylic acids is 2. The number of hydrogen-bond donors (Lipinski definition) is 2. The van der Waals surface area contributed by atoms with Crippen molar-refractivity contribution in [3.05, 3.63) is 53.6 Å². The highest BCUT2D eigenvalue weighted by molar-refractivity contribution is 6.01. The summed E-state index contributed by atoms with van der Waals surface area (Å²) in [6.07, 6.45) is 3.36. The summed E-state index contributed by atoms with van der Waals surface area (Å²) in [4.78, 5) is 45.0. The molecule has 3 N–H and O–H groups in total. The van der Waals surface area contributed by atoms with Crippen LogP contribution in [0, 0.1) is 5.92 Å². The maximum Gasteiger partial charge on any atom is 0.308 e. The topological polar surface area (TPSA) is 126 Å². The van der Waals surface area contributed by atoms with Crippen molar-refractivity contribution in [1.82, 2.24) is 9.80 Å². The van der Waals surface area contributed by atoms with Crippen molar-refractivity contribution < 1.29 is 29.0 Å². The summed E-state index contributed by atoms with van der Waals surface area (Å²) >= 11 is 0. The number of carboxylic acid groups (broad SMARTS) is 1. The number of benzene rings is 2. The van der Waals surface area contributed by atoms with Crippen molar-refractivity contribution in [1.29, 1.82) is 0 Å². The van der Waals surface area contributed by atoms with Gasteiger partial charge in [0, 0.05) is 43.8 Å². The van der Waals surface area contributed by atoms with Crippen LogP contribution in [0.2, 0.25) is 0 Å². The summed E-state index contributed by atoms with van der Waals surface area (Å²) < 4.78 is 11.0. The number of rotatable bonds is 13. The standard InChI is InChI=1S/C31H40N4O6/c1-2-3-13-33(14-6-12-32)29(37)19-34-18-23(21-9-10-26-27(16-21)41-20-40-26)30(31(38)39)25(34)11-15-35-24-8-5-4-7-22(24)17-28(35)36/h4-5,7-10,16,23,25,30H,2-3,6,11-15,17-20,32H2,1H3,(H,38,39)/t23-,25+,30-/m1/s1. The lowest BCUT2D eigenvalue weighted by atomic mass is 9.84. The van der Waals surface area contributed by atoms with Crippen molar-refractivity contribution in [2.24, 2.45) is 11.7 Å². The second-order valence-electron chi connectivity index (χ2n) is 11.1. The molecule has 2 amide bonds. The molecule has 0 unspecified atom stereocenters. The van der Waals surface area contributed by atoms with E-state index in [1.807, 2.05) is 52.3 Å². The number of amides is 2. The molecule has 3 heterocycles. The zero-order valence-corrected chi connectivity index (χ0v) is 23.7. The molecule has 10 nitrogen and oxygen atoms in total. The van der Waals surface area contributed by atoms with E-state index >= 15 is 0 Å². The Kier molecular flexibility index (Phi) is 9.09. The van der Waals surface area contributed by atoms with Crippen LogP contribution in [0.5, 0.6) is 11.5 Å². The molecule has 0 bridgehead atoms. The number of hydrogen-bond acceptors (Lipinski definition) is 7. The highest BCUT2D eigenvalue weighted by Crippen LogP contribution is 2.43. The van der Waals surface area contributed by atoms with Crippen LogP contribution in [-0.4, -0.2) is 84.8 Å². The molecule has 3 aliphatic rings. The van der Waals surface area contributed by atoms with Gasteiger partial charge >= 0.3 is 5.97 Å². The van der Waals surface area contributed by atoms with Gasteiger partial charge in [-0.3, -0.25) is 19.3 Å². The van der Waals surface area contributed by atoms with Gasteiger partial charge in [-0.2, -0.15) is 0 Å². The second kappa shape index (κ2) is 12.9. The molecule has 2 aromatic carbocycles. The van der Waals surface area contributed by atoms with E-state index in [2.05, 4.69) is 6.92 Å². The molecule has 10 heteroatoms. The van der Waals surface area contributed by atoms with E-state index in [0.717, 1.165) is 29.7 Å². The maximum absolute atomic E-state index is 13.6. The van der Waals surface area contributed by atoms with Crippen molar-refractivity contribution in [2.75, 3.05) is 51.0 Å². The number of carbonyl (C=O) groups is 3. The van der Waals surface area contributed by atoms with Crippen LogP contribution in [0.15, 0.2) is 42.5 Å². The zero-order valence-electron chi connectivity index (χ0n) is 23.7. The molecule has 3 atom stereocenters. The van der Waals surface area contributed by atoms with Crippen LogP contribution in [0.1, 0.15) is 49.7 Å². The van der Waals surface area contributed by atoms with E-state index < -0.39 is 17.9 Å². The third kappa shape index (κ3) is 6.18. The minimum absolute atomic E-state index is 0.0125. The highest BCUT2D eigenvalue weighted by Gasteiger charge is 2.47. The molecule has 0 aromatic heterocycles. The molecule has 1 fully saturated rings. The summed E-state index contributed by atoms with van der Waals surface area (Å²) in [5.41, 5.74) is 8.45. The summed E-state index contributed by atoms with van der Waals surface area (Å²) in [6.45, 7) is 4.88. The normalized spacial score (nSPS) is 21.4. The number of nitrogens with zero attached hydrogens (tertiary/aromatic N) is 3. The number of likely N-dealkylation sites (tertiary alicyclic amines) is 1. The van der Waals surface area contributed by atoms with E-state index in [0.29, 0.717) is 63.5 Å². The van der Waals surface area contributed by atoms with Gasteiger partial charge in [0.05, 0.1) is 18.9 Å². The third-order valence-electron chi connectivity index (χ3n) is 8.54. The molecule has 3 aliphatic heterocycles. The Bertz CT molecular complexity index is 1260. The number of aliphatic carboxylic acids is 1. The molecule has 0 spiro atoms. The first kappa shape index (κ1) is 28.9. The first-order chi connectivity index (χ1) is 19.9. The van der Waals surface area contributed by atoms with Crippen LogP contribution in [0.25, 0.3) is 0 Å². The monoisotopic (exact) mass is 564 g/mol. The molecular formula is C31H40N4O6. The fourth-order valence-electron chi connectivity index (χ4n) is 6.42. The molecule has 1 saturated heterocycles. The Morgan fingerprint density at radius 2 is 1.88 bits per heavy atom. The van der Waals surface area contributed by atoms with Gasteiger partial charge in [-0.25, -0.2) is 0 Å². The van der Waals surface area contributed by atoms with E-state index in [-0.39, 0.29) is 31.1 Å². The fraction of sp³-hybridized carbons (Fsp3) is 0.516. The first-order valence-corrected chi connectivity index (χ1v) is 14.6.